The van der Waals surface area contributed by atoms with Gasteiger partial charge in [0.25, 0.3) is 11.8 Å². The van der Waals surface area contributed by atoms with Gasteiger partial charge in [0.15, 0.2) is 33.6 Å². The molecule has 22 heteroatoms. The molecule has 4 amide bonds. The zero-order chi connectivity index (χ0) is 52.5. The molecule has 0 unspecified atom stereocenters. The van der Waals surface area contributed by atoms with Gasteiger partial charge < -0.3 is 45.5 Å². The van der Waals surface area contributed by atoms with Gasteiger partial charge in [0.1, 0.15) is 11.4 Å². The number of hydrogen-bond acceptors (Lipinski definition) is 15. The number of nitrogens with zero attached hydrogens (tertiary/aromatic N) is 6. The minimum atomic E-state index is -3.76. The van der Waals surface area contributed by atoms with Gasteiger partial charge in [-0.05, 0) is 106 Å². The van der Waals surface area contributed by atoms with Crippen molar-refractivity contribution in [1.82, 2.24) is 45.9 Å². The number of alkyl halides is 2. The van der Waals surface area contributed by atoms with Crippen molar-refractivity contribution in [2.24, 2.45) is 0 Å². The first-order valence-corrected chi connectivity index (χ1v) is 25.0. The summed E-state index contributed by atoms with van der Waals surface area (Å²) in [6.07, 6.45) is -2.28. The van der Waals surface area contributed by atoms with E-state index < -0.39 is 29.3 Å². The maximum Gasteiger partial charge on any atom is 0.586 e. The number of alkyl carbamates (subject to hydrolysis) is 1. The van der Waals surface area contributed by atoms with Crippen molar-refractivity contribution in [2.45, 2.75) is 82.9 Å². The number of amides is 4. The van der Waals surface area contributed by atoms with E-state index in [1.165, 1.54) is 23.9 Å². The van der Waals surface area contributed by atoms with E-state index in [9.17, 15) is 28.0 Å². The fraction of sp³-hybridized carbons (Fsp3) is 0.365. The van der Waals surface area contributed by atoms with Crippen LogP contribution in [-0.4, -0.2) is 111 Å². The van der Waals surface area contributed by atoms with Gasteiger partial charge in [-0.25, -0.2) is 24.4 Å². The van der Waals surface area contributed by atoms with Crippen molar-refractivity contribution < 1.29 is 46.9 Å². The molecular weight excluding hydrogens is 977 g/mol. The van der Waals surface area contributed by atoms with E-state index >= 15 is 0 Å². The molecule has 0 radical (unpaired) electrons. The Morgan fingerprint density at radius 1 is 0.865 bits per heavy atom. The van der Waals surface area contributed by atoms with Crippen LogP contribution < -0.4 is 36.1 Å². The summed E-state index contributed by atoms with van der Waals surface area (Å²) in [5, 5.41) is 23.7. The van der Waals surface area contributed by atoms with Crippen molar-refractivity contribution >= 4 is 58.4 Å². The first-order chi connectivity index (χ1) is 35.5. The number of ether oxygens (including phenoxy) is 4. The van der Waals surface area contributed by atoms with Crippen molar-refractivity contribution in [3.8, 4) is 34.6 Å². The molecule has 0 bridgehead atoms. The Morgan fingerprint density at radius 3 is 2.39 bits per heavy atom. The Kier molecular flexibility index (Phi) is 16.2. The van der Waals surface area contributed by atoms with Crippen LogP contribution in [0.3, 0.4) is 0 Å². The summed E-state index contributed by atoms with van der Waals surface area (Å²) in [6.45, 7) is 11.2. The molecule has 3 aromatic carbocycles. The maximum absolute atomic E-state index is 13.6. The minimum absolute atomic E-state index is 0.0920. The molecule has 1 fully saturated rings. The molecule has 1 saturated carbocycles. The SMILES string of the molecule is CCCSc1nc(NCCNC(=O)OC(C)(C)C)c2nnn(Cc3ccc(C#CC(=O)NCCOCCNC(=O)c4cccc(-c5nc(NC(=O)C6(c7ccc8c(c7)OC(F)(F)O8)CC6)ccc5C)c4)cc3)c2n1. The van der Waals surface area contributed by atoms with Gasteiger partial charge in [0.2, 0.25) is 5.91 Å². The number of anilines is 2. The molecule has 19 nitrogen and oxygen atoms in total. The molecule has 8 rings (SSSR count). The minimum Gasteiger partial charge on any atom is -0.444 e. The monoisotopic (exact) mass is 1030 g/mol. The number of halogens is 2. The highest BCUT2D eigenvalue weighted by Gasteiger charge is 2.53. The topological polar surface area (TPSA) is 235 Å². The van der Waals surface area contributed by atoms with E-state index in [4.69, 9.17) is 19.4 Å². The highest BCUT2D eigenvalue weighted by Crippen LogP contribution is 2.52. The number of aromatic nitrogens is 6. The predicted molar refractivity (Wildman–Crippen MR) is 272 cm³/mol. The number of benzene rings is 3. The number of pyridine rings is 1. The zero-order valence-corrected chi connectivity index (χ0v) is 42.2. The molecular formula is C52H55F2N11O8S. The van der Waals surface area contributed by atoms with Gasteiger partial charge in [-0.15, -0.1) is 13.9 Å². The maximum atomic E-state index is 13.6. The van der Waals surface area contributed by atoms with Gasteiger partial charge in [0, 0.05) is 54.5 Å². The van der Waals surface area contributed by atoms with E-state index in [1.54, 1.807) is 55.8 Å². The summed E-state index contributed by atoms with van der Waals surface area (Å²) >= 11 is 1.53. The summed E-state index contributed by atoms with van der Waals surface area (Å²) in [5.74, 6) is 5.79. The van der Waals surface area contributed by atoms with Gasteiger partial charge in [-0.1, -0.05) is 66.2 Å². The fourth-order valence-corrected chi connectivity index (χ4v) is 8.35. The van der Waals surface area contributed by atoms with Gasteiger partial charge >= 0.3 is 12.4 Å². The lowest BCUT2D eigenvalue weighted by Gasteiger charge is -2.19. The molecule has 5 N–H and O–H groups in total. The Labute approximate surface area is 429 Å². The Bertz CT molecular complexity index is 3110. The molecule has 2 aliphatic rings. The lowest BCUT2D eigenvalue weighted by atomic mass is 9.94. The highest BCUT2D eigenvalue weighted by atomic mass is 32.2. The number of carbonyl (C=O) groups is 4. The van der Waals surface area contributed by atoms with Crippen molar-refractivity contribution in [3.63, 3.8) is 0 Å². The van der Waals surface area contributed by atoms with Crippen molar-refractivity contribution in [3.05, 3.63) is 107 Å². The number of thioether (sulfide) groups is 1. The normalized spacial score (nSPS) is 13.8. The summed E-state index contributed by atoms with van der Waals surface area (Å²) in [6, 6.07) is 22.2. The molecule has 386 valence electrons. The second-order valence-corrected chi connectivity index (χ2v) is 19.4. The van der Waals surface area contributed by atoms with Crippen LogP contribution in [0, 0.1) is 18.8 Å². The summed E-state index contributed by atoms with van der Waals surface area (Å²) in [7, 11) is 0. The number of fused-ring (bicyclic) bond motifs is 2. The van der Waals surface area contributed by atoms with Gasteiger partial charge in [-0.3, -0.25) is 14.4 Å². The number of hydrogen-bond donors (Lipinski definition) is 5. The first kappa shape index (κ1) is 52.4. The Hall–Kier alpha value is -7.90. The van der Waals surface area contributed by atoms with Crippen LogP contribution in [0.25, 0.3) is 22.4 Å². The third-order valence-electron chi connectivity index (χ3n) is 11.4. The van der Waals surface area contributed by atoms with E-state index in [0.717, 1.165) is 23.3 Å². The lowest BCUT2D eigenvalue weighted by Crippen LogP contribution is -2.35. The third kappa shape index (κ3) is 13.6. The van der Waals surface area contributed by atoms with Crippen LogP contribution in [0.15, 0.2) is 84.0 Å². The van der Waals surface area contributed by atoms with E-state index in [0.29, 0.717) is 88.4 Å². The lowest BCUT2D eigenvalue weighted by molar-refractivity contribution is -0.286. The quantitative estimate of drug-likeness (QED) is 0.0225. The molecule has 1 aliphatic heterocycles. The molecule has 1 aliphatic carbocycles. The van der Waals surface area contributed by atoms with E-state index in [1.807, 2.05) is 43.3 Å². The molecule has 4 heterocycles. The molecule has 74 heavy (non-hydrogen) atoms. The van der Waals surface area contributed by atoms with Crippen molar-refractivity contribution in [2.75, 3.05) is 55.8 Å². The summed E-state index contributed by atoms with van der Waals surface area (Å²) in [5.41, 5.74) is 4.07. The Balaban J connectivity index is 0.756. The van der Waals surface area contributed by atoms with Gasteiger partial charge in [-0.2, -0.15) is 0 Å². The smallest absolute Gasteiger partial charge is 0.444 e. The van der Waals surface area contributed by atoms with Crippen LogP contribution in [0.5, 0.6) is 11.5 Å². The summed E-state index contributed by atoms with van der Waals surface area (Å²) < 4.78 is 49.0. The Morgan fingerprint density at radius 2 is 1.64 bits per heavy atom. The molecule has 0 saturated heterocycles. The number of nitrogens with one attached hydrogen (secondary N) is 5. The molecule has 6 aromatic rings. The van der Waals surface area contributed by atoms with Crippen molar-refractivity contribution in [1.29, 1.82) is 0 Å². The molecule has 0 spiro atoms. The second-order valence-electron chi connectivity index (χ2n) is 18.4. The standard InChI is InChI=1S/C52H55F2N11O8S/c1-6-28-74-48-61-44(56-22-23-58-49(69)73-50(3,4)5)43-45(62-48)65(64-63-43)31-34-13-11-33(12-14-34)15-19-41(66)55-24-26-70-27-25-57-46(67)36-9-7-8-35(29-36)42-32(2)10-18-40(59-42)60-47(68)51(20-21-51)37-16-17-38-39(30-37)72-52(53,54)71-38/h7-14,16-18,29-30H,6,20-28,31H2,1-5H3,(H,55,66)(H,57,67)(H,58,69)(H,56,61,62)(H,59,60,68). The largest absolute Gasteiger partial charge is 0.586 e. The van der Waals surface area contributed by atoms with Crippen LogP contribution in [0.4, 0.5) is 25.2 Å². The highest BCUT2D eigenvalue weighted by molar-refractivity contribution is 7.99. The average molecular weight is 1030 g/mol. The molecule has 3 aromatic heterocycles. The average Bonchev–Trinajstić information content (AvgIpc) is 3.99. The second kappa shape index (κ2) is 22.9. The van der Waals surface area contributed by atoms with Gasteiger partial charge in [0.05, 0.1) is 30.9 Å². The fourth-order valence-electron chi connectivity index (χ4n) is 7.65. The summed E-state index contributed by atoms with van der Waals surface area (Å²) in [4.78, 5) is 65.3. The van der Waals surface area contributed by atoms with Crippen LogP contribution in [0.1, 0.15) is 79.6 Å². The van der Waals surface area contributed by atoms with Crippen LogP contribution >= 0.6 is 11.8 Å². The third-order valence-corrected chi connectivity index (χ3v) is 12.5. The van der Waals surface area contributed by atoms with E-state index in [-0.39, 0.29) is 49.6 Å². The zero-order valence-electron chi connectivity index (χ0n) is 41.4. The van der Waals surface area contributed by atoms with Crippen LogP contribution in [-0.2, 0) is 31.0 Å². The predicted octanol–water partition coefficient (Wildman–Crippen LogP) is 6.98. The number of carbonyl (C=O) groups excluding carboxylic acids is 4. The first-order valence-electron chi connectivity index (χ1n) is 24.0. The molecule has 0 atom stereocenters. The van der Waals surface area contributed by atoms with E-state index in [2.05, 4.69) is 70.1 Å². The number of aryl methyl sites for hydroxylation is 1. The number of rotatable bonds is 20. The van der Waals surface area contributed by atoms with Crippen LogP contribution in [0.2, 0.25) is 0 Å².